The van der Waals surface area contributed by atoms with Crippen molar-refractivity contribution >= 4 is 11.7 Å². The number of hydrogen-bond donors (Lipinski definition) is 7. The van der Waals surface area contributed by atoms with Crippen molar-refractivity contribution < 1.29 is 49.7 Å². The number of hydrogen-bond acceptors (Lipinski definition) is 10. The Labute approximate surface area is 319 Å². The van der Waals surface area contributed by atoms with Crippen molar-refractivity contribution in [1.29, 1.82) is 0 Å². The molecule has 11 heteroatoms. The van der Waals surface area contributed by atoms with Crippen LogP contribution in [0.1, 0.15) is 59.8 Å². The van der Waals surface area contributed by atoms with Gasteiger partial charge in [-0.3, -0.25) is 9.59 Å². The molecule has 11 nitrogen and oxygen atoms in total. The second kappa shape index (κ2) is 25.8. The Kier molecular flexibility index (Phi) is 21.9. The highest BCUT2D eigenvalue weighted by atomic mass is 16.7. The van der Waals surface area contributed by atoms with E-state index in [2.05, 4.69) is 5.32 Å². The van der Waals surface area contributed by atoms with E-state index in [-0.39, 0.29) is 48.0 Å². The normalized spacial score (nSPS) is 26.2. The predicted molar refractivity (Wildman–Crippen MR) is 211 cm³/mol. The van der Waals surface area contributed by atoms with E-state index in [9.17, 15) is 40.2 Å². The molecule has 2 rings (SSSR count). The number of ketones is 1. The average molecular weight is 750 g/mol. The van der Waals surface area contributed by atoms with Gasteiger partial charge in [0, 0.05) is 30.8 Å². The number of nitrogens with one attached hydrogen (secondary N) is 1. The first-order chi connectivity index (χ1) is 25.8. The summed E-state index contributed by atoms with van der Waals surface area (Å²) >= 11 is 0. The molecule has 7 N–H and O–H groups in total. The van der Waals surface area contributed by atoms with Gasteiger partial charge in [-0.1, -0.05) is 129 Å². The molecular weight excluding hydrogens is 690 g/mol. The fraction of sp³-hybridized carbons (Fsp3) is 0.442. The van der Waals surface area contributed by atoms with Crippen molar-refractivity contribution in [2.24, 2.45) is 11.8 Å². The van der Waals surface area contributed by atoms with E-state index in [1.165, 1.54) is 6.08 Å². The van der Waals surface area contributed by atoms with Crippen molar-refractivity contribution in [3.8, 4) is 0 Å². The molecular formula is C43H59NO10. The number of aliphatic hydroxyl groups is 6. The van der Waals surface area contributed by atoms with Gasteiger partial charge in [-0.25, -0.2) is 0 Å². The lowest BCUT2D eigenvalue weighted by Gasteiger charge is -2.39. The van der Waals surface area contributed by atoms with Crippen molar-refractivity contribution in [1.82, 2.24) is 5.32 Å². The number of rotatable bonds is 21. The summed E-state index contributed by atoms with van der Waals surface area (Å²) in [6.45, 7) is 7.18. The molecule has 2 aliphatic rings. The topological polar surface area (TPSA) is 186 Å². The largest absolute Gasteiger partial charge is 0.510 e. The average Bonchev–Trinajstić information content (AvgIpc) is 3.46. The van der Waals surface area contributed by atoms with E-state index in [1.54, 1.807) is 43.4 Å². The van der Waals surface area contributed by atoms with E-state index in [0.29, 0.717) is 6.42 Å². The molecule has 0 aromatic rings. The van der Waals surface area contributed by atoms with Crippen LogP contribution in [0, 0.1) is 11.8 Å². The molecule has 10 atom stereocenters. The Morgan fingerprint density at radius 2 is 1.35 bits per heavy atom. The van der Waals surface area contributed by atoms with Crippen LogP contribution in [0.2, 0.25) is 0 Å². The van der Waals surface area contributed by atoms with Gasteiger partial charge < -0.3 is 45.4 Å². The van der Waals surface area contributed by atoms with Crippen molar-refractivity contribution in [2.45, 2.75) is 109 Å². The van der Waals surface area contributed by atoms with Crippen LogP contribution in [-0.2, 0) is 19.1 Å². The molecule has 1 amide bonds. The second-order valence-electron chi connectivity index (χ2n) is 13.3. The van der Waals surface area contributed by atoms with E-state index in [0.717, 1.165) is 12.8 Å². The summed E-state index contributed by atoms with van der Waals surface area (Å²) in [5.41, 5.74) is -0.0185. The zero-order chi connectivity index (χ0) is 39.9. The molecule has 0 aromatic heterocycles. The minimum atomic E-state index is -1.32. The maximum Gasteiger partial charge on any atom is 0.248 e. The number of allylic oxidation sites excluding steroid dienone is 18. The highest BCUT2D eigenvalue weighted by Crippen LogP contribution is 2.23. The summed E-state index contributed by atoms with van der Waals surface area (Å²) in [5, 5.41) is 63.0. The first-order valence-corrected chi connectivity index (χ1v) is 18.5. The Hall–Kier alpha value is -4.20. The molecule has 1 heterocycles. The Balaban J connectivity index is 1.59. The highest BCUT2D eigenvalue weighted by Gasteiger charge is 2.42. The van der Waals surface area contributed by atoms with Gasteiger partial charge in [0.1, 0.15) is 29.8 Å². The molecule has 1 saturated heterocycles. The van der Waals surface area contributed by atoms with Crippen LogP contribution in [0.4, 0.5) is 0 Å². The summed E-state index contributed by atoms with van der Waals surface area (Å²) < 4.78 is 11.1. The maximum atomic E-state index is 11.8. The third kappa shape index (κ3) is 17.3. The minimum absolute atomic E-state index is 0.0185. The fourth-order valence-electron chi connectivity index (χ4n) is 5.32. The number of unbranched alkanes of at least 4 members (excludes halogenated alkanes) is 1. The van der Waals surface area contributed by atoms with Gasteiger partial charge in [-0.05, 0) is 33.1 Å². The molecule has 10 unspecified atom stereocenters. The first-order valence-electron chi connectivity index (χ1n) is 18.5. The Morgan fingerprint density at radius 3 is 1.98 bits per heavy atom. The lowest BCUT2D eigenvalue weighted by molar-refractivity contribution is -0.302. The van der Waals surface area contributed by atoms with Crippen LogP contribution in [-0.4, -0.2) is 91.3 Å². The molecule has 1 aliphatic carbocycles. The van der Waals surface area contributed by atoms with Gasteiger partial charge >= 0.3 is 0 Å². The van der Waals surface area contributed by atoms with Crippen LogP contribution in [0.15, 0.2) is 133 Å². The SMILES string of the molecule is CC(C/C=C/C=C/C=C/C=C/C=C/C(O)C(C)C(O)C(C)/C=C/CC/C=C/C=C/C=C/C=C/C(=O)NC1=C(O)CCC1=O)OC1OC(C)C(O)C(O)C1O. The molecule has 0 saturated carbocycles. The van der Waals surface area contributed by atoms with Crippen LogP contribution in [0.5, 0.6) is 0 Å². The summed E-state index contributed by atoms with van der Waals surface area (Å²) in [7, 11) is 0. The lowest BCUT2D eigenvalue weighted by Crippen LogP contribution is -2.57. The lowest BCUT2D eigenvalue weighted by atomic mass is 9.88. The van der Waals surface area contributed by atoms with E-state index in [4.69, 9.17) is 9.47 Å². The molecule has 296 valence electrons. The van der Waals surface area contributed by atoms with Crippen molar-refractivity contribution in [2.75, 3.05) is 0 Å². The van der Waals surface area contributed by atoms with Crippen LogP contribution in [0.3, 0.4) is 0 Å². The van der Waals surface area contributed by atoms with Gasteiger partial charge in [0.05, 0.1) is 24.4 Å². The summed E-state index contributed by atoms with van der Waals surface area (Å²) in [4.78, 5) is 23.4. The van der Waals surface area contributed by atoms with Crippen molar-refractivity contribution in [3.05, 3.63) is 133 Å². The summed E-state index contributed by atoms with van der Waals surface area (Å²) in [5.74, 6) is -1.32. The fourth-order valence-corrected chi connectivity index (χ4v) is 5.32. The predicted octanol–water partition coefficient (Wildman–Crippen LogP) is 5.19. The van der Waals surface area contributed by atoms with Crippen LogP contribution >= 0.6 is 0 Å². The summed E-state index contributed by atoms with van der Waals surface area (Å²) in [6, 6.07) is 0. The van der Waals surface area contributed by atoms with Crippen LogP contribution in [0.25, 0.3) is 0 Å². The van der Waals surface area contributed by atoms with E-state index >= 15 is 0 Å². The van der Waals surface area contributed by atoms with Crippen LogP contribution < -0.4 is 5.32 Å². The standard InChI is InChI=1S/C43H59NO10/c1-30(24-20-16-12-8-5-6-11-15-19-23-27-37(48)44-38-35(46)28-29-36(38)47)39(49)32(3)34(45)26-22-18-14-10-7-9-13-17-21-25-31(2)53-43-42(52)41(51)40(50)33(4)54-43/h5-11,13-15,17-24,26-27,30-34,39-43,45-46,49-52H,12,16,25,28-29H2,1-4H3,(H,44,48)/b8-5+,10-7+,11-6+,13-9+,18-14+,19-15+,21-17+,24-20+,26-22+,27-23+. The summed E-state index contributed by atoms with van der Waals surface area (Å²) in [6.07, 6.45) is 31.5. The third-order valence-electron chi connectivity index (χ3n) is 8.76. The number of ether oxygens (including phenoxy) is 2. The van der Waals surface area contributed by atoms with Gasteiger partial charge in [-0.15, -0.1) is 0 Å². The minimum Gasteiger partial charge on any atom is -0.510 e. The molecule has 1 aliphatic heterocycles. The number of Topliss-reactive ketones (excluding diaryl/α,β-unsaturated/α-hetero) is 1. The molecule has 0 radical (unpaired) electrons. The highest BCUT2D eigenvalue weighted by molar-refractivity contribution is 6.03. The van der Waals surface area contributed by atoms with Gasteiger partial charge in [-0.2, -0.15) is 0 Å². The number of aliphatic hydroxyl groups excluding tert-OH is 6. The first kappa shape index (κ1) is 46.0. The second-order valence-corrected chi connectivity index (χ2v) is 13.3. The van der Waals surface area contributed by atoms with Crippen molar-refractivity contribution in [3.63, 3.8) is 0 Å². The monoisotopic (exact) mass is 749 g/mol. The quantitative estimate of drug-likeness (QED) is 0.0356. The number of amides is 1. The van der Waals surface area contributed by atoms with Gasteiger partial charge in [0.15, 0.2) is 12.1 Å². The zero-order valence-electron chi connectivity index (χ0n) is 31.7. The third-order valence-corrected chi connectivity index (χ3v) is 8.76. The maximum absolute atomic E-state index is 11.8. The van der Waals surface area contributed by atoms with Gasteiger partial charge in [0.2, 0.25) is 5.91 Å². The molecule has 0 bridgehead atoms. The van der Waals surface area contributed by atoms with E-state index in [1.807, 2.05) is 99.8 Å². The van der Waals surface area contributed by atoms with Gasteiger partial charge in [0.25, 0.3) is 0 Å². The van der Waals surface area contributed by atoms with E-state index < -0.39 is 48.8 Å². The number of carbonyl (C=O) groups is 2. The Bertz CT molecular complexity index is 1500. The smallest absolute Gasteiger partial charge is 0.248 e. The Morgan fingerprint density at radius 1 is 0.778 bits per heavy atom. The number of carbonyl (C=O) groups excluding carboxylic acids is 2. The molecule has 1 fully saturated rings. The zero-order valence-corrected chi connectivity index (χ0v) is 31.7. The molecule has 0 spiro atoms. The molecule has 0 aromatic carbocycles. The molecule has 54 heavy (non-hydrogen) atoms.